The van der Waals surface area contributed by atoms with Gasteiger partial charge in [0, 0.05) is 6.08 Å². The van der Waals surface area contributed by atoms with Crippen LogP contribution in [0.2, 0.25) is 25.1 Å². The molecule has 0 bridgehead atoms. The van der Waals surface area contributed by atoms with E-state index in [0.29, 0.717) is 11.3 Å². The molecule has 0 aliphatic rings. The summed E-state index contributed by atoms with van der Waals surface area (Å²) in [6, 6.07) is 6.65. The Balaban J connectivity index is 2.14. The van der Waals surface area contributed by atoms with Crippen molar-refractivity contribution < 1.29 is 19.0 Å². The third-order valence-corrected chi connectivity index (χ3v) is 5.51. The minimum Gasteiger partial charge on any atom is -0.493 e. The summed E-state index contributed by atoms with van der Waals surface area (Å²) in [5.41, 5.74) is 0.693. The third-order valence-electron chi connectivity index (χ3n) is 3.27. The Morgan fingerprint density at radius 2 is 1.64 bits per heavy atom. The van der Waals surface area contributed by atoms with Gasteiger partial charge in [-0.15, -0.1) is 0 Å². The van der Waals surface area contributed by atoms with E-state index in [2.05, 4.69) is 0 Å². The van der Waals surface area contributed by atoms with Crippen LogP contribution in [0.15, 0.2) is 24.3 Å². The molecule has 0 saturated heterocycles. The van der Waals surface area contributed by atoms with Gasteiger partial charge in [-0.25, -0.2) is 4.79 Å². The van der Waals surface area contributed by atoms with E-state index in [1.807, 2.05) is 6.07 Å². The molecule has 5 nitrogen and oxygen atoms in total. The second-order valence-corrected chi connectivity index (χ2v) is 6.92. The monoisotopic (exact) mass is 479 g/mol. The summed E-state index contributed by atoms with van der Waals surface area (Å²) >= 11 is 29.9. The van der Waals surface area contributed by atoms with Gasteiger partial charge in [0.25, 0.3) is 0 Å². The average Bonchev–Trinajstić information content (AvgIpc) is 2.69. The number of benzene rings is 2. The maximum atomic E-state index is 12.1. The maximum absolute atomic E-state index is 12.1. The highest BCUT2D eigenvalue weighted by Crippen LogP contribution is 2.48. The van der Waals surface area contributed by atoms with Crippen LogP contribution in [0.25, 0.3) is 6.08 Å². The van der Waals surface area contributed by atoms with E-state index in [-0.39, 0.29) is 36.6 Å². The smallest absolute Gasteiger partial charge is 0.349 e. The second-order valence-electron chi connectivity index (χ2n) is 5.03. The van der Waals surface area contributed by atoms with Crippen molar-refractivity contribution in [2.75, 3.05) is 13.7 Å². The molecule has 0 radical (unpaired) electrons. The van der Waals surface area contributed by atoms with Crippen molar-refractivity contribution in [3.8, 4) is 23.3 Å². The van der Waals surface area contributed by atoms with Crippen LogP contribution in [0, 0.1) is 11.3 Å². The first-order chi connectivity index (χ1) is 13.3. The molecule has 0 atom stereocenters. The Kier molecular flexibility index (Phi) is 8.11. The first kappa shape index (κ1) is 22.5. The van der Waals surface area contributed by atoms with Crippen LogP contribution in [-0.2, 0) is 4.79 Å². The molecule has 0 aromatic heterocycles. The van der Waals surface area contributed by atoms with Gasteiger partial charge in [0.1, 0.15) is 10.0 Å². The number of hydrogen-bond donors (Lipinski definition) is 0. The van der Waals surface area contributed by atoms with Gasteiger partial charge in [-0.1, -0.05) is 64.1 Å². The molecule has 0 saturated carbocycles. The van der Waals surface area contributed by atoms with E-state index in [9.17, 15) is 4.79 Å². The number of rotatable bonds is 6. The molecular formula is C18H10Cl5NO4. The fourth-order valence-corrected chi connectivity index (χ4v) is 3.23. The summed E-state index contributed by atoms with van der Waals surface area (Å²) in [5.74, 6) is -0.395. The zero-order valence-electron chi connectivity index (χ0n) is 14.1. The van der Waals surface area contributed by atoms with Crippen LogP contribution in [0.3, 0.4) is 0 Å². The zero-order chi connectivity index (χ0) is 20.8. The number of nitrogens with zero attached hydrogens (tertiary/aromatic N) is 1. The van der Waals surface area contributed by atoms with E-state index in [0.717, 1.165) is 0 Å². The number of methoxy groups -OCH3 is 1. The molecule has 0 N–H and O–H groups in total. The molecule has 2 aromatic carbocycles. The molecule has 0 spiro atoms. The van der Waals surface area contributed by atoms with Crippen LogP contribution < -0.4 is 14.2 Å². The number of carbonyl (C=O) groups is 1. The van der Waals surface area contributed by atoms with E-state index >= 15 is 0 Å². The summed E-state index contributed by atoms with van der Waals surface area (Å²) < 4.78 is 15.7. The van der Waals surface area contributed by atoms with Gasteiger partial charge in [-0.3, -0.25) is 0 Å². The van der Waals surface area contributed by atoms with Crippen molar-refractivity contribution in [3.63, 3.8) is 0 Å². The summed E-state index contributed by atoms with van der Waals surface area (Å²) in [7, 11) is 1.41. The minimum atomic E-state index is -0.757. The topological polar surface area (TPSA) is 68.5 Å². The fourth-order valence-electron chi connectivity index (χ4n) is 2.00. The molecule has 2 aromatic rings. The van der Waals surface area contributed by atoms with E-state index < -0.39 is 12.6 Å². The van der Waals surface area contributed by atoms with Gasteiger partial charge in [0.15, 0.2) is 23.9 Å². The Bertz CT molecular complexity index is 956. The molecule has 0 aliphatic heterocycles. The van der Waals surface area contributed by atoms with Crippen molar-refractivity contribution in [3.05, 3.63) is 55.0 Å². The van der Waals surface area contributed by atoms with Crippen LogP contribution in [0.4, 0.5) is 0 Å². The summed E-state index contributed by atoms with van der Waals surface area (Å²) in [4.78, 5) is 12.1. The van der Waals surface area contributed by atoms with Crippen LogP contribution >= 0.6 is 58.0 Å². The number of allylic oxidation sites excluding steroid dienone is 1. The van der Waals surface area contributed by atoms with Crippen molar-refractivity contribution in [2.45, 2.75) is 0 Å². The number of carbonyl (C=O) groups excluding carboxylic acids is 1. The zero-order valence-corrected chi connectivity index (χ0v) is 17.8. The highest BCUT2D eigenvalue weighted by Gasteiger charge is 2.22. The molecular weight excluding hydrogens is 471 g/mol. The lowest BCUT2D eigenvalue weighted by Crippen LogP contribution is -2.18. The predicted octanol–water partition coefficient (Wildman–Crippen LogP) is 6.48. The lowest BCUT2D eigenvalue weighted by Gasteiger charge is -2.14. The van der Waals surface area contributed by atoms with Gasteiger partial charge in [-0.2, -0.15) is 5.26 Å². The van der Waals surface area contributed by atoms with Crippen molar-refractivity contribution >= 4 is 70.1 Å². The number of nitriles is 1. The Hall–Kier alpha value is -1.81. The van der Waals surface area contributed by atoms with E-state index in [1.54, 1.807) is 18.2 Å². The van der Waals surface area contributed by atoms with Crippen molar-refractivity contribution in [2.24, 2.45) is 0 Å². The summed E-state index contributed by atoms with van der Waals surface area (Å²) in [5, 5.41) is 8.28. The average molecular weight is 482 g/mol. The molecule has 0 heterocycles. The van der Waals surface area contributed by atoms with Gasteiger partial charge in [0.05, 0.1) is 28.2 Å². The van der Waals surface area contributed by atoms with Gasteiger partial charge in [0.2, 0.25) is 0 Å². The van der Waals surface area contributed by atoms with Crippen LogP contribution in [0.1, 0.15) is 5.56 Å². The lowest BCUT2D eigenvalue weighted by molar-refractivity contribution is -0.136. The molecule has 28 heavy (non-hydrogen) atoms. The quantitative estimate of drug-likeness (QED) is 0.155. The number of halogens is 5. The summed E-state index contributed by atoms with van der Waals surface area (Å²) in [6.07, 6.45) is 2.89. The van der Waals surface area contributed by atoms with Crippen molar-refractivity contribution in [1.29, 1.82) is 5.26 Å². The standard InChI is InChI=1S/C18H10Cl5NO4/c1-26-11-7-9(3-2-6-24)4-5-10(11)28-12(25)8-27-18-16(22)14(20)13(19)15(21)17(18)23/h2-5,7H,8H2,1H3/b3-2-. The first-order valence-electron chi connectivity index (χ1n) is 7.39. The normalized spacial score (nSPS) is 10.6. The lowest BCUT2D eigenvalue weighted by atomic mass is 10.2. The van der Waals surface area contributed by atoms with E-state index in [4.69, 9.17) is 77.5 Å². The molecule has 0 unspecified atom stereocenters. The predicted molar refractivity (Wildman–Crippen MR) is 110 cm³/mol. The Morgan fingerprint density at radius 3 is 2.21 bits per heavy atom. The van der Waals surface area contributed by atoms with Crippen LogP contribution in [0.5, 0.6) is 17.2 Å². The first-order valence-corrected chi connectivity index (χ1v) is 9.28. The van der Waals surface area contributed by atoms with E-state index in [1.165, 1.54) is 19.3 Å². The fraction of sp³-hybridized carbons (Fsp3) is 0.111. The van der Waals surface area contributed by atoms with Gasteiger partial charge < -0.3 is 14.2 Å². The number of ether oxygens (including phenoxy) is 3. The van der Waals surface area contributed by atoms with Crippen molar-refractivity contribution in [1.82, 2.24) is 0 Å². The second kappa shape index (κ2) is 10.1. The summed E-state index contributed by atoms with van der Waals surface area (Å²) in [6.45, 7) is -0.535. The largest absolute Gasteiger partial charge is 0.493 e. The Morgan fingerprint density at radius 1 is 1.04 bits per heavy atom. The number of hydrogen-bond acceptors (Lipinski definition) is 5. The maximum Gasteiger partial charge on any atom is 0.349 e. The molecule has 146 valence electrons. The highest BCUT2D eigenvalue weighted by atomic mass is 35.5. The van der Waals surface area contributed by atoms with Crippen LogP contribution in [-0.4, -0.2) is 19.7 Å². The molecule has 0 amide bonds. The van der Waals surface area contributed by atoms with Gasteiger partial charge >= 0.3 is 5.97 Å². The molecule has 0 aliphatic carbocycles. The third kappa shape index (κ3) is 5.16. The van der Waals surface area contributed by atoms with Gasteiger partial charge in [-0.05, 0) is 23.8 Å². The number of esters is 1. The molecule has 2 rings (SSSR count). The molecule has 0 fully saturated rings. The Labute approximate surface area is 185 Å². The highest BCUT2D eigenvalue weighted by molar-refractivity contribution is 6.55. The SMILES string of the molecule is COc1cc(/C=C\C#N)ccc1OC(=O)COc1c(Cl)c(Cl)c(Cl)c(Cl)c1Cl. The molecule has 10 heteroatoms. The minimum absolute atomic E-state index is 0.0245.